The van der Waals surface area contributed by atoms with Crippen molar-refractivity contribution in [2.75, 3.05) is 12.8 Å². The molecule has 0 amide bonds. The van der Waals surface area contributed by atoms with Crippen LogP contribution in [-0.4, -0.2) is 17.3 Å². The number of aromatic nitrogens is 2. The zero-order valence-electron chi connectivity index (χ0n) is 11.2. The fraction of sp³-hybridized carbons (Fsp3) is 0.357. The van der Waals surface area contributed by atoms with Gasteiger partial charge in [-0.05, 0) is 41.7 Å². The number of ether oxygens (including phenoxy) is 1. The van der Waals surface area contributed by atoms with Crippen LogP contribution in [0.1, 0.15) is 30.9 Å². The minimum atomic E-state index is 0.396. The maximum Gasteiger partial charge on any atom is 0.126 e. The summed E-state index contributed by atoms with van der Waals surface area (Å²) in [4.78, 5) is 0. The van der Waals surface area contributed by atoms with Gasteiger partial charge in [0.2, 0.25) is 0 Å². The number of hydrogen-bond donors (Lipinski definition) is 2. The van der Waals surface area contributed by atoms with E-state index in [2.05, 4.69) is 43.1 Å². The van der Waals surface area contributed by atoms with Gasteiger partial charge in [-0.1, -0.05) is 13.8 Å². The van der Waals surface area contributed by atoms with Crippen molar-refractivity contribution in [1.29, 1.82) is 0 Å². The summed E-state index contributed by atoms with van der Waals surface area (Å²) in [6.07, 6.45) is 1.76. The van der Waals surface area contributed by atoms with Gasteiger partial charge in [0.05, 0.1) is 13.3 Å². The van der Waals surface area contributed by atoms with E-state index >= 15 is 0 Å². The summed E-state index contributed by atoms with van der Waals surface area (Å²) in [5.74, 6) is 1.92. The number of nitrogens with one attached hydrogen (secondary N) is 1. The van der Waals surface area contributed by atoms with Crippen LogP contribution in [0, 0.1) is 6.92 Å². The largest absolute Gasteiger partial charge is 0.496 e. The summed E-state index contributed by atoms with van der Waals surface area (Å²) < 4.78 is 5.44. The van der Waals surface area contributed by atoms with Crippen LogP contribution in [0.25, 0.3) is 11.1 Å². The van der Waals surface area contributed by atoms with Crippen molar-refractivity contribution in [2.45, 2.75) is 26.7 Å². The Hall–Kier alpha value is -1.97. The molecule has 0 unspecified atom stereocenters. The first-order chi connectivity index (χ1) is 8.54. The topological polar surface area (TPSA) is 63.9 Å². The lowest BCUT2D eigenvalue weighted by Gasteiger charge is -2.15. The molecule has 4 heteroatoms. The third-order valence-corrected chi connectivity index (χ3v) is 3.16. The number of rotatable bonds is 3. The minimum absolute atomic E-state index is 0.396. The molecule has 0 fully saturated rings. The van der Waals surface area contributed by atoms with Gasteiger partial charge in [-0.2, -0.15) is 5.10 Å². The average molecular weight is 245 g/mol. The second-order valence-electron chi connectivity index (χ2n) is 4.76. The van der Waals surface area contributed by atoms with Gasteiger partial charge in [0.15, 0.2) is 0 Å². The van der Waals surface area contributed by atoms with Crippen molar-refractivity contribution in [1.82, 2.24) is 10.2 Å². The van der Waals surface area contributed by atoms with Crippen molar-refractivity contribution in [2.24, 2.45) is 0 Å². The maximum absolute atomic E-state index is 5.89. The quantitative estimate of drug-likeness (QED) is 0.873. The van der Waals surface area contributed by atoms with Gasteiger partial charge in [-0.25, -0.2) is 0 Å². The molecule has 0 radical (unpaired) electrons. The van der Waals surface area contributed by atoms with E-state index in [4.69, 9.17) is 10.5 Å². The number of aromatic amines is 1. The molecule has 0 aliphatic carbocycles. The van der Waals surface area contributed by atoms with Gasteiger partial charge in [0.1, 0.15) is 11.6 Å². The second kappa shape index (κ2) is 4.72. The highest BCUT2D eigenvalue weighted by Gasteiger charge is 2.14. The monoisotopic (exact) mass is 245 g/mol. The molecule has 1 heterocycles. The highest BCUT2D eigenvalue weighted by atomic mass is 16.5. The van der Waals surface area contributed by atoms with Crippen LogP contribution in [0.3, 0.4) is 0 Å². The molecule has 0 saturated carbocycles. The number of nitrogens with zero attached hydrogens (tertiary/aromatic N) is 1. The predicted molar refractivity (Wildman–Crippen MR) is 73.8 cm³/mol. The highest BCUT2D eigenvalue weighted by Crippen LogP contribution is 2.35. The van der Waals surface area contributed by atoms with E-state index in [-0.39, 0.29) is 0 Å². The number of hydrogen-bond acceptors (Lipinski definition) is 3. The number of nitrogen functional groups attached to an aromatic ring is 1. The van der Waals surface area contributed by atoms with E-state index in [0.29, 0.717) is 11.7 Å². The van der Waals surface area contributed by atoms with Crippen molar-refractivity contribution < 1.29 is 4.74 Å². The first-order valence-electron chi connectivity index (χ1n) is 6.02. The average Bonchev–Trinajstić information content (AvgIpc) is 2.74. The molecule has 96 valence electrons. The summed E-state index contributed by atoms with van der Waals surface area (Å²) >= 11 is 0. The number of methoxy groups -OCH3 is 1. The standard InChI is InChI=1S/C14H19N3O/c1-8(2)10-6-11(9(3)5-13(10)18-4)12-7-16-17-14(12)15/h5-8H,1-4H3,(H3,15,16,17). The van der Waals surface area contributed by atoms with Gasteiger partial charge in [0, 0.05) is 5.56 Å². The smallest absolute Gasteiger partial charge is 0.126 e. The number of nitrogens with two attached hydrogens (primary N) is 1. The molecule has 0 aliphatic heterocycles. The molecule has 0 aliphatic rings. The minimum Gasteiger partial charge on any atom is -0.496 e. The summed E-state index contributed by atoms with van der Waals surface area (Å²) in [5.41, 5.74) is 10.2. The van der Waals surface area contributed by atoms with Crippen LogP contribution in [0.5, 0.6) is 5.75 Å². The van der Waals surface area contributed by atoms with Crippen LogP contribution in [-0.2, 0) is 0 Å². The molecule has 0 spiro atoms. The molecule has 0 saturated heterocycles. The first-order valence-corrected chi connectivity index (χ1v) is 6.02. The second-order valence-corrected chi connectivity index (χ2v) is 4.76. The molecule has 3 N–H and O–H groups in total. The van der Waals surface area contributed by atoms with Crippen molar-refractivity contribution in [3.8, 4) is 16.9 Å². The summed E-state index contributed by atoms with van der Waals surface area (Å²) in [5, 5.41) is 6.74. The van der Waals surface area contributed by atoms with E-state index in [1.807, 2.05) is 0 Å². The first kappa shape index (κ1) is 12.5. The SMILES string of the molecule is COc1cc(C)c(-c2cn[nH]c2N)cc1C(C)C. The Morgan fingerprint density at radius 2 is 2.00 bits per heavy atom. The molecule has 18 heavy (non-hydrogen) atoms. The lowest BCUT2D eigenvalue weighted by molar-refractivity contribution is 0.407. The molecule has 2 aromatic rings. The predicted octanol–water partition coefficient (Wildman–Crippen LogP) is 3.10. The maximum atomic E-state index is 5.89. The third kappa shape index (κ3) is 2.06. The number of benzene rings is 1. The fourth-order valence-corrected chi connectivity index (χ4v) is 2.13. The molecule has 4 nitrogen and oxygen atoms in total. The molecule has 0 atom stereocenters. The summed E-state index contributed by atoms with van der Waals surface area (Å²) in [7, 11) is 1.70. The zero-order chi connectivity index (χ0) is 13.3. The Labute approximate surface area is 107 Å². The Bertz CT molecular complexity index is 558. The Morgan fingerprint density at radius 3 is 2.50 bits per heavy atom. The molecule has 2 rings (SSSR count). The molecular formula is C14H19N3O. The van der Waals surface area contributed by atoms with E-state index in [1.54, 1.807) is 13.3 Å². The molecule has 1 aromatic heterocycles. The molecular weight excluding hydrogens is 226 g/mol. The lowest BCUT2D eigenvalue weighted by atomic mass is 9.94. The number of H-pyrrole nitrogens is 1. The third-order valence-electron chi connectivity index (χ3n) is 3.16. The van der Waals surface area contributed by atoms with E-state index in [0.717, 1.165) is 22.4 Å². The van der Waals surface area contributed by atoms with Crippen LogP contribution in [0.2, 0.25) is 0 Å². The van der Waals surface area contributed by atoms with Gasteiger partial charge >= 0.3 is 0 Å². The Kier molecular flexibility index (Phi) is 3.28. The fourth-order valence-electron chi connectivity index (χ4n) is 2.13. The van der Waals surface area contributed by atoms with Crippen LogP contribution in [0.15, 0.2) is 18.3 Å². The number of anilines is 1. The Balaban J connectivity index is 2.62. The lowest BCUT2D eigenvalue weighted by Crippen LogP contribution is -1.98. The van der Waals surface area contributed by atoms with Crippen LogP contribution < -0.4 is 10.5 Å². The van der Waals surface area contributed by atoms with Crippen LogP contribution in [0.4, 0.5) is 5.82 Å². The number of aryl methyl sites for hydroxylation is 1. The van der Waals surface area contributed by atoms with Gasteiger partial charge < -0.3 is 10.5 Å². The van der Waals surface area contributed by atoms with E-state index < -0.39 is 0 Å². The van der Waals surface area contributed by atoms with Gasteiger partial charge in [0.25, 0.3) is 0 Å². The van der Waals surface area contributed by atoms with E-state index in [9.17, 15) is 0 Å². The summed E-state index contributed by atoms with van der Waals surface area (Å²) in [6, 6.07) is 4.19. The highest BCUT2D eigenvalue weighted by molar-refractivity contribution is 5.77. The van der Waals surface area contributed by atoms with Crippen molar-refractivity contribution >= 4 is 5.82 Å². The van der Waals surface area contributed by atoms with Gasteiger partial charge in [-0.3, -0.25) is 5.10 Å². The zero-order valence-corrected chi connectivity index (χ0v) is 11.2. The summed E-state index contributed by atoms with van der Waals surface area (Å²) in [6.45, 7) is 6.35. The Morgan fingerprint density at radius 1 is 1.28 bits per heavy atom. The molecule has 1 aromatic carbocycles. The molecule has 0 bridgehead atoms. The normalized spacial score (nSPS) is 10.9. The van der Waals surface area contributed by atoms with Crippen molar-refractivity contribution in [3.63, 3.8) is 0 Å². The van der Waals surface area contributed by atoms with Crippen molar-refractivity contribution in [3.05, 3.63) is 29.5 Å². The van der Waals surface area contributed by atoms with E-state index in [1.165, 1.54) is 5.56 Å². The van der Waals surface area contributed by atoms with Crippen LogP contribution >= 0.6 is 0 Å². The van der Waals surface area contributed by atoms with Gasteiger partial charge in [-0.15, -0.1) is 0 Å².